The van der Waals surface area contributed by atoms with Crippen molar-refractivity contribution in [2.45, 2.75) is 33.6 Å². The Kier molecular flexibility index (Phi) is 8.16. The number of ether oxygens (including phenoxy) is 1. The lowest BCUT2D eigenvalue weighted by molar-refractivity contribution is -0.129. The van der Waals surface area contributed by atoms with Crippen LogP contribution in [0.2, 0.25) is 0 Å². The zero-order valence-electron chi connectivity index (χ0n) is 14.6. The molecule has 2 amide bonds. The van der Waals surface area contributed by atoms with Gasteiger partial charge in [0.25, 0.3) is 0 Å². The molecule has 0 spiro atoms. The first-order valence-electron chi connectivity index (χ1n) is 8.07. The second kappa shape index (κ2) is 9.87. The van der Waals surface area contributed by atoms with Crippen LogP contribution in [0.25, 0.3) is 0 Å². The van der Waals surface area contributed by atoms with Gasteiger partial charge in [-0.15, -0.1) is 0 Å². The maximum atomic E-state index is 11.8. The minimum atomic E-state index is -0.00519. The van der Waals surface area contributed by atoms with Gasteiger partial charge in [0.05, 0.1) is 7.11 Å². The molecule has 5 heteroatoms. The zero-order valence-corrected chi connectivity index (χ0v) is 14.6. The first-order valence-corrected chi connectivity index (χ1v) is 8.07. The number of amides is 2. The van der Waals surface area contributed by atoms with Gasteiger partial charge in [-0.3, -0.25) is 9.59 Å². The fourth-order valence-corrected chi connectivity index (χ4v) is 2.13. The summed E-state index contributed by atoms with van der Waals surface area (Å²) in [5.41, 5.74) is 1.14. The summed E-state index contributed by atoms with van der Waals surface area (Å²) in [4.78, 5) is 25.2. The quantitative estimate of drug-likeness (QED) is 0.759. The Morgan fingerprint density at radius 3 is 2.35 bits per heavy atom. The first-order chi connectivity index (χ1) is 10.9. The molecule has 128 valence electrons. The van der Waals surface area contributed by atoms with Crippen molar-refractivity contribution in [2.75, 3.05) is 26.7 Å². The Bertz CT molecular complexity index is 497. The van der Waals surface area contributed by atoms with E-state index < -0.39 is 0 Å². The molecule has 0 heterocycles. The average molecular weight is 320 g/mol. The van der Waals surface area contributed by atoms with E-state index >= 15 is 0 Å². The molecule has 0 aliphatic rings. The maximum absolute atomic E-state index is 11.8. The fourth-order valence-electron chi connectivity index (χ4n) is 2.13. The van der Waals surface area contributed by atoms with Crippen LogP contribution in [0.5, 0.6) is 5.75 Å². The van der Waals surface area contributed by atoms with E-state index in [0.29, 0.717) is 32.0 Å². The average Bonchev–Trinajstić information content (AvgIpc) is 2.53. The Hall–Kier alpha value is -2.04. The number of rotatable bonds is 9. The van der Waals surface area contributed by atoms with E-state index in [1.165, 1.54) is 0 Å². The minimum absolute atomic E-state index is 0.00447. The van der Waals surface area contributed by atoms with Crippen molar-refractivity contribution in [3.05, 3.63) is 29.8 Å². The summed E-state index contributed by atoms with van der Waals surface area (Å²) in [5, 5.41) is 2.87. The monoisotopic (exact) mass is 320 g/mol. The molecule has 0 fully saturated rings. The molecule has 1 N–H and O–H groups in total. The molecule has 0 atom stereocenters. The summed E-state index contributed by atoms with van der Waals surface area (Å²) in [6.07, 6.45) is 1.10. The summed E-state index contributed by atoms with van der Waals surface area (Å²) < 4.78 is 5.13. The van der Waals surface area contributed by atoms with E-state index in [1.807, 2.05) is 24.3 Å². The van der Waals surface area contributed by atoms with Crippen molar-refractivity contribution in [2.24, 2.45) is 5.92 Å². The van der Waals surface area contributed by atoms with Gasteiger partial charge in [-0.05, 0) is 30.0 Å². The van der Waals surface area contributed by atoms with Crippen molar-refractivity contribution >= 4 is 11.8 Å². The van der Waals surface area contributed by atoms with Crippen LogP contribution in [0.4, 0.5) is 0 Å². The van der Waals surface area contributed by atoms with E-state index in [2.05, 4.69) is 19.2 Å². The van der Waals surface area contributed by atoms with Gasteiger partial charge in [0, 0.05) is 33.0 Å². The van der Waals surface area contributed by atoms with Gasteiger partial charge in [-0.2, -0.15) is 0 Å². The molecule has 1 aromatic rings. The standard InChI is InChI=1S/C18H28N2O3/c1-14(2)13-19-18(22)10-12-20(15(3)21)11-9-16-5-7-17(23-4)8-6-16/h5-8,14H,9-13H2,1-4H3,(H,19,22). The van der Waals surface area contributed by atoms with Crippen molar-refractivity contribution < 1.29 is 14.3 Å². The number of benzene rings is 1. The normalized spacial score (nSPS) is 10.5. The predicted molar refractivity (Wildman–Crippen MR) is 91.4 cm³/mol. The van der Waals surface area contributed by atoms with E-state index in [0.717, 1.165) is 17.7 Å². The predicted octanol–water partition coefficient (Wildman–Crippen LogP) is 2.25. The zero-order chi connectivity index (χ0) is 17.2. The smallest absolute Gasteiger partial charge is 0.221 e. The summed E-state index contributed by atoms with van der Waals surface area (Å²) in [6, 6.07) is 7.80. The molecular formula is C18H28N2O3. The Labute approximate surface area is 139 Å². The molecule has 23 heavy (non-hydrogen) atoms. The highest BCUT2D eigenvalue weighted by atomic mass is 16.5. The number of methoxy groups -OCH3 is 1. The summed E-state index contributed by atoms with van der Waals surface area (Å²) in [7, 11) is 1.64. The third-order valence-corrected chi connectivity index (χ3v) is 3.59. The van der Waals surface area contributed by atoms with Crippen molar-refractivity contribution in [3.63, 3.8) is 0 Å². The van der Waals surface area contributed by atoms with Gasteiger partial charge < -0.3 is 15.0 Å². The van der Waals surface area contributed by atoms with Crippen molar-refractivity contribution in [1.82, 2.24) is 10.2 Å². The number of nitrogens with one attached hydrogen (secondary N) is 1. The SMILES string of the molecule is COc1ccc(CCN(CCC(=O)NCC(C)C)C(C)=O)cc1. The molecule has 0 aliphatic carbocycles. The van der Waals surface area contributed by atoms with Crippen LogP contribution in [-0.4, -0.2) is 43.5 Å². The lowest BCUT2D eigenvalue weighted by atomic mass is 10.1. The van der Waals surface area contributed by atoms with Crippen LogP contribution < -0.4 is 10.1 Å². The largest absolute Gasteiger partial charge is 0.497 e. The highest BCUT2D eigenvalue weighted by Gasteiger charge is 2.11. The van der Waals surface area contributed by atoms with Gasteiger partial charge in [0.2, 0.25) is 11.8 Å². The van der Waals surface area contributed by atoms with Crippen molar-refractivity contribution in [3.8, 4) is 5.75 Å². The second-order valence-electron chi connectivity index (χ2n) is 6.05. The van der Waals surface area contributed by atoms with Crippen LogP contribution in [0, 0.1) is 5.92 Å². The summed E-state index contributed by atoms with van der Waals surface area (Å²) in [6.45, 7) is 7.38. The first kappa shape index (κ1) is 19.0. The molecule has 0 radical (unpaired) electrons. The lowest BCUT2D eigenvalue weighted by Gasteiger charge is -2.21. The highest BCUT2D eigenvalue weighted by Crippen LogP contribution is 2.12. The van der Waals surface area contributed by atoms with Gasteiger partial charge >= 0.3 is 0 Å². The van der Waals surface area contributed by atoms with E-state index in [4.69, 9.17) is 4.74 Å². The number of hydrogen-bond donors (Lipinski definition) is 1. The number of carbonyl (C=O) groups is 2. The fraction of sp³-hybridized carbons (Fsp3) is 0.556. The molecule has 0 aliphatic heterocycles. The molecular weight excluding hydrogens is 292 g/mol. The topological polar surface area (TPSA) is 58.6 Å². The van der Waals surface area contributed by atoms with E-state index in [1.54, 1.807) is 18.9 Å². The molecule has 1 rings (SSSR count). The molecule has 5 nitrogen and oxygen atoms in total. The van der Waals surface area contributed by atoms with E-state index in [9.17, 15) is 9.59 Å². The van der Waals surface area contributed by atoms with Gasteiger partial charge in [0.1, 0.15) is 5.75 Å². The molecule has 0 saturated carbocycles. The number of hydrogen-bond acceptors (Lipinski definition) is 3. The Balaban J connectivity index is 2.42. The second-order valence-corrected chi connectivity index (χ2v) is 6.05. The van der Waals surface area contributed by atoms with Crippen molar-refractivity contribution in [1.29, 1.82) is 0 Å². The summed E-state index contributed by atoms with van der Waals surface area (Å²) >= 11 is 0. The maximum Gasteiger partial charge on any atom is 0.221 e. The number of carbonyl (C=O) groups excluding carboxylic acids is 2. The van der Waals surface area contributed by atoms with Crippen LogP contribution in [0.3, 0.4) is 0 Å². The third kappa shape index (κ3) is 7.68. The molecule has 1 aromatic carbocycles. The van der Waals surface area contributed by atoms with Gasteiger partial charge in [0.15, 0.2) is 0 Å². The van der Waals surface area contributed by atoms with Crippen LogP contribution >= 0.6 is 0 Å². The molecule has 0 aromatic heterocycles. The van der Waals surface area contributed by atoms with Gasteiger partial charge in [-0.25, -0.2) is 0 Å². The lowest BCUT2D eigenvalue weighted by Crippen LogP contribution is -2.36. The Morgan fingerprint density at radius 1 is 1.17 bits per heavy atom. The number of nitrogens with zero attached hydrogens (tertiary/aromatic N) is 1. The van der Waals surface area contributed by atoms with E-state index in [-0.39, 0.29) is 11.8 Å². The Morgan fingerprint density at radius 2 is 1.83 bits per heavy atom. The molecule has 0 saturated heterocycles. The minimum Gasteiger partial charge on any atom is -0.497 e. The summed E-state index contributed by atoms with van der Waals surface area (Å²) in [5.74, 6) is 1.24. The molecule has 0 bridgehead atoms. The van der Waals surface area contributed by atoms with Crippen LogP contribution in [0.15, 0.2) is 24.3 Å². The molecule has 0 unspecified atom stereocenters. The van der Waals surface area contributed by atoms with Gasteiger partial charge in [-0.1, -0.05) is 26.0 Å². The third-order valence-electron chi connectivity index (χ3n) is 3.59. The highest BCUT2D eigenvalue weighted by molar-refractivity contribution is 5.78. The van der Waals surface area contributed by atoms with Crippen LogP contribution in [0.1, 0.15) is 32.8 Å². The van der Waals surface area contributed by atoms with Crippen LogP contribution in [-0.2, 0) is 16.0 Å².